The molecule has 0 bridgehead atoms. The zero-order valence-electron chi connectivity index (χ0n) is 13.5. The molecular formula is C18H12Cl2N4OS. The van der Waals surface area contributed by atoms with Gasteiger partial charge in [-0.1, -0.05) is 41.4 Å². The molecule has 8 heteroatoms. The molecule has 130 valence electrons. The Morgan fingerprint density at radius 3 is 2.58 bits per heavy atom. The van der Waals surface area contributed by atoms with Crippen LogP contribution in [0.5, 0.6) is 0 Å². The molecule has 2 aromatic carbocycles. The Balaban J connectivity index is 2.01. The lowest BCUT2D eigenvalue weighted by Gasteiger charge is -2.05. The van der Waals surface area contributed by atoms with Crippen LogP contribution in [-0.4, -0.2) is 21.9 Å². The summed E-state index contributed by atoms with van der Waals surface area (Å²) in [5, 5.41) is 17.9. The number of benzene rings is 2. The lowest BCUT2D eigenvalue weighted by atomic mass is 10.2. The van der Waals surface area contributed by atoms with Crippen molar-refractivity contribution in [3.63, 3.8) is 0 Å². The van der Waals surface area contributed by atoms with Crippen LogP contribution in [0, 0.1) is 11.3 Å². The molecular weight excluding hydrogens is 391 g/mol. The van der Waals surface area contributed by atoms with Crippen molar-refractivity contribution in [1.29, 1.82) is 5.26 Å². The van der Waals surface area contributed by atoms with E-state index in [0.29, 0.717) is 15.6 Å². The normalized spacial score (nSPS) is 10.4. The second-order valence-corrected chi connectivity index (χ2v) is 6.81. The number of rotatable bonds is 4. The first-order chi connectivity index (χ1) is 12.5. The summed E-state index contributed by atoms with van der Waals surface area (Å²) in [7, 11) is 0. The molecule has 3 rings (SSSR count). The Kier molecular flexibility index (Phi) is 5.52. The number of carbonyl (C=O) groups excluding carboxylic acids is 1. The molecule has 3 aromatic rings. The van der Waals surface area contributed by atoms with E-state index in [4.69, 9.17) is 23.2 Å². The summed E-state index contributed by atoms with van der Waals surface area (Å²) in [6.07, 6.45) is 1.85. The van der Waals surface area contributed by atoms with Crippen molar-refractivity contribution in [3.8, 4) is 11.8 Å². The number of carbonyl (C=O) groups is 1. The van der Waals surface area contributed by atoms with E-state index in [2.05, 4.69) is 16.5 Å². The Morgan fingerprint density at radius 1 is 1.23 bits per heavy atom. The van der Waals surface area contributed by atoms with Gasteiger partial charge in [0.15, 0.2) is 5.82 Å². The maximum absolute atomic E-state index is 12.6. The maximum atomic E-state index is 12.6. The molecule has 0 aliphatic rings. The average Bonchev–Trinajstić information content (AvgIpc) is 2.99. The van der Waals surface area contributed by atoms with Crippen molar-refractivity contribution in [2.75, 3.05) is 11.6 Å². The number of nitrogens with zero attached hydrogens (tertiary/aromatic N) is 3. The fourth-order valence-electron chi connectivity index (χ4n) is 2.37. The monoisotopic (exact) mass is 402 g/mol. The highest BCUT2D eigenvalue weighted by atomic mass is 35.5. The molecule has 1 N–H and O–H groups in total. The maximum Gasteiger partial charge on any atom is 0.258 e. The number of halogens is 2. The van der Waals surface area contributed by atoms with Crippen molar-refractivity contribution in [2.24, 2.45) is 0 Å². The van der Waals surface area contributed by atoms with E-state index in [1.165, 1.54) is 23.9 Å². The third kappa shape index (κ3) is 3.56. The summed E-state index contributed by atoms with van der Waals surface area (Å²) in [5.41, 5.74) is 1.33. The quantitative estimate of drug-likeness (QED) is 0.621. The third-order valence-corrected chi connectivity index (χ3v) is 4.87. The van der Waals surface area contributed by atoms with Crippen molar-refractivity contribution < 1.29 is 4.79 Å². The summed E-state index contributed by atoms with van der Waals surface area (Å²) in [5.74, 6) is -0.287. The minimum absolute atomic E-state index is 0.178. The zero-order valence-corrected chi connectivity index (χ0v) is 15.9. The predicted molar refractivity (Wildman–Crippen MR) is 104 cm³/mol. The number of nitrogens with one attached hydrogen (secondary N) is 1. The minimum Gasteiger partial charge on any atom is -0.304 e. The van der Waals surface area contributed by atoms with Gasteiger partial charge >= 0.3 is 0 Å². The Morgan fingerprint density at radius 2 is 1.96 bits per heavy atom. The van der Waals surface area contributed by atoms with Gasteiger partial charge in [0.1, 0.15) is 16.7 Å². The van der Waals surface area contributed by atoms with E-state index in [9.17, 15) is 10.1 Å². The molecule has 0 spiro atoms. The lowest BCUT2D eigenvalue weighted by Crippen LogP contribution is -2.14. The first-order valence-electron chi connectivity index (χ1n) is 7.44. The number of para-hydroxylation sites is 1. The SMILES string of the molecule is CSc1c(C#N)c(NC(=O)c2ccc(Cl)cc2Cl)nn1-c1ccccc1. The Labute approximate surface area is 164 Å². The van der Waals surface area contributed by atoms with Crippen LogP contribution in [0.3, 0.4) is 0 Å². The molecule has 1 amide bonds. The average molecular weight is 403 g/mol. The number of amides is 1. The van der Waals surface area contributed by atoms with Crippen LogP contribution in [0.4, 0.5) is 5.82 Å². The van der Waals surface area contributed by atoms with Crippen molar-refractivity contribution in [3.05, 3.63) is 69.7 Å². The van der Waals surface area contributed by atoms with Crippen molar-refractivity contribution in [1.82, 2.24) is 9.78 Å². The molecule has 1 aromatic heterocycles. The van der Waals surface area contributed by atoms with Crippen LogP contribution < -0.4 is 5.32 Å². The highest BCUT2D eigenvalue weighted by Crippen LogP contribution is 2.30. The zero-order chi connectivity index (χ0) is 18.7. The van der Waals surface area contributed by atoms with Gasteiger partial charge < -0.3 is 5.32 Å². The smallest absolute Gasteiger partial charge is 0.258 e. The molecule has 5 nitrogen and oxygen atoms in total. The molecule has 0 aliphatic heterocycles. The van der Waals surface area contributed by atoms with Gasteiger partial charge in [0.25, 0.3) is 5.91 Å². The largest absolute Gasteiger partial charge is 0.304 e. The number of aromatic nitrogens is 2. The molecule has 0 fully saturated rings. The molecule has 26 heavy (non-hydrogen) atoms. The van der Waals surface area contributed by atoms with Crippen LogP contribution >= 0.6 is 35.0 Å². The fraction of sp³-hybridized carbons (Fsp3) is 0.0556. The van der Waals surface area contributed by atoms with Crippen LogP contribution in [0.1, 0.15) is 15.9 Å². The van der Waals surface area contributed by atoms with E-state index in [1.54, 1.807) is 10.7 Å². The highest BCUT2D eigenvalue weighted by Gasteiger charge is 2.21. The van der Waals surface area contributed by atoms with Gasteiger partial charge in [-0.2, -0.15) is 5.26 Å². The van der Waals surface area contributed by atoms with Gasteiger partial charge in [-0.25, -0.2) is 4.68 Å². The number of hydrogen-bond donors (Lipinski definition) is 1. The molecule has 0 aliphatic carbocycles. The Hall–Kier alpha value is -2.46. The van der Waals surface area contributed by atoms with E-state index < -0.39 is 5.91 Å². The van der Waals surface area contributed by atoms with E-state index in [1.807, 2.05) is 36.6 Å². The summed E-state index contributed by atoms with van der Waals surface area (Å²) in [4.78, 5) is 12.6. The number of nitriles is 1. The summed E-state index contributed by atoms with van der Waals surface area (Å²) in [6.45, 7) is 0. The van der Waals surface area contributed by atoms with Gasteiger partial charge in [0.2, 0.25) is 0 Å². The number of thioether (sulfide) groups is 1. The van der Waals surface area contributed by atoms with Gasteiger partial charge in [-0.05, 0) is 36.6 Å². The first kappa shape index (κ1) is 18.3. The topological polar surface area (TPSA) is 70.7 Å². The van der Waals surface area contributed by atoms with Gasteiger partial charge in [-0.3, -0.25) is 4.79 Å². The summed E-state index contributed by atoms with van der Waals surface area (Å²) < 4.78 is 1.63. The second kappa shape index (κ2) is 7.83. The lowest BCUT2D eigenvalue weighted by molar-refractivity contribution is 0.102. The standard InChI is InChI=1S/C18H12Cl2N4OS/c1-26-18-14(10-21)16(23-24(18)12-5-3-2-4-6-12)22-17(25)13-8-7-11(19)9-15(13)20/h2-9H,1H3,(H,22,23,25). The van der Waals surface area contributed by atoms with E-state index in [-0.39, 0.29) is 16.4 Å². The molecule has 0 saturated carbocycles. The third-order valence-electron chi connectivity index (χ3n) is 3.56. The van der Waals surface area contributed by atoms with Crippen LogP contribution in [-0.2, 0) is 0 Å². The highest BCUT2D eigenvalue weighted by molar-refractivity contribution is 7.98. The van der Waals surface area contributed by atoms with E-state index in [0.717, 1.165) is 5.69 Å². The molecule has 1 heterocycles. The first-order valence-corrected chi connectivity index (χ1v) is 9.42. The van der Waals surface area contributed by atoms with E-state index >= 15 is 0 Å². The van der Waals surface area contributed by atoms with Gasteiger partial charge in [0.05, 0.1) is 16.3 Å². The van der Waals surface area contributed by atoms with Gasteiger partial charge in [-0.15, -0.1) is 16.9 Å². The van der Waals surface area contributed by atoms with Crippen LogP contribution in [0.15, 0.2) is 53.6 Å². The molecule has 0 saturated heterocycles. The van der Waals surface area contributed by atoms with Crippen molar-refractivity contribution in [2.45, 2.75) is 5.03 Å². The summed E-state index contributed by atoms with van der Waals surface area (Å²) in [6, 6.07) is 16.1. The molecule has 0 radical (unpaired) electrons. The number of anilines is 1. The number of hydrogen-bond acceptors (Lipinski definition) is 4. The Bertz CT molecular complexity index is 1010. The van der Waals surface area contributed by atoms with Crippen LogP contribution in [0.2, 0.25) is 10.0 Å². The second-order valence-electron chi connectivity index (χ2n) is 5.17. The molecule has 0 atom stereocenters. The minimum atomic E-state index is -0.464. The summed E-state index contributed by atoms with van der Waals surface area (Å²) >= 11 is 13.3. The van der Waals surface area contributed by atoms with Crippen LogP contribution in [0.25, 0.3) is 5.69 Å². The molecule has 0 unspecified atom stereocenters. The van der Waals surface area contributed by atoms with Gasteiger partial charge in [0, 0.05) is 5.02 Å². The fourth-order valence-corrected chi connectivity index (χ4v) is 3.53. The van der Waals surface area contributed by atoms with Crippen molar-refractivity contribution >= 4 is 46.7 Å². The predicted octanol–water partition coefficient (Wildman–Crippen LogP) is 5.02.